The summed E-state index contributed by atoms with van der Waals surface area (Å²) in [5, 5.41) is 9.21. The van der Waals surface area contributed by atoms with Gasteiger partial charge in [0.2, 0.25) is 0 Å². The molecule has 0 radical (unpaired) electrons. The van der Waals surface area contributed by atoms with Gasteiger partial charge < -0.3 is 9.84 Å². The molecule has 1 aliphatic heterocycles. The number of rotatable bonds is 2. The van der Waals surface area contributed by atoms with E-state index in [-0.39, 0.29) is 6.10 Å². The summed E-state index contributed by atoms with van der Waals surface area (Å²) in [5.74, 6) is 0. The highest BCUT2D eigenvalue weighted by Gasteiger charge is 2.17. The molecule has 0 aliphatic carbocycles. The monoisotopic (exact) mass is 140 g/mol. The molecule has 0 aromatic heterocycles. The summed E-state index contributed by atoms with van der Waals surface area (Å²) in [6.45, 7) is 3.48. The summed E-state index contributed by atoms with van der Waals surface area (Å²) in [5.41, 5.74) is 0. The average Bonchev–Trinajstić information content (AvgIpc) is 2.05. The van der Waals surface area contributed by atoms with Crippen LogP contribution in [-0.4, -0.2) is 17.3 Å². The highest BCUT2D eigenvalue weighted by Crippen LogP contribution is 2.13. The van der Waals surface area contributed by atoms with Crippen LogP contribution < -0.4 is 0 Å². The van der Waals surface area contributed by atoms with Crippen LogP contribution >= 0.6 is 0 Å². The first kappa shape index (κ1) is 7.35. The zero-order valence-corrected chi connectivity index (χ0v) is 5.86. The quantitative estimate of drug-likeness (QED) is 0.584. The molecule has 0 bridgehead atoms. The highest BCUT2D eigenvalue weighted by molar-refractivity contribution is 4.91. The molecule has 0 saturated carbocycles. The van der Waals surface area contributed by atoms with Crippen molar-refractivity contribution in [1.29, 1.82) is 0 Å². The van der Waals surface area contributed by atoms with Crippen LogP contribution in [0.2, 0.25) is 0 Å². The van der Waals surface area contributed by atoms with Gasteiger partial charge in [-0.2, -0.15) is 0 Å². The number of ether oxygens (including phenoxy) is 1. The summed E-state index contributed by atoms with van der Waals surface area (Å²) >= 11 is 0. The van der Waals surface area contributed by atoms with E-state index in [2.05, 4.69) is 6.58 Å². The molecule has 0 saturated heterocycles. The molecule has 1 rings (SSSR count). The summed E-state index contributed by atoms with van der Waals surface area (Å²) in [6.07, 6.45) is 6.35. The third-order valence-electron chi connectivity index (χ3n) is 1.59. The molecule has 0 fully saturated rings. The van der Waals surface area contributed by atoms with E-state index in [0.29, 0.717) is 0 Å². The second-order valence-electron chi connectivity index (χ2n) is 2.35. The SMILES string of the molecule is C=C[C@@H](O)[C@@H]1CCC=CO1. The van der Waals surface area contributed by atoms with E-state index < -0.39 is 6.10 Å². The van der Waals surface area contributed by atoms with E-state index in [0.717, 1.165) is 12.8 Å². The lowest BCUT2D eigenvalue weighted by molar-refractivity contribution is 0.0240. The smallest absolute Gasteiger partial charge is 0.127 e. The Labute approximate surface area is 60.8 Å². The van der Waals surface area contributed by atoms with E-state index in [1.54, 1.807) is 6.26 Å². The molecule has 1 heterocycles. The summed E-state index contributed by atoms with van der Waals surface area (Å²) in [4.78, 5) is 0. The first-order valence-electron chi connectivity index (χ1n) is 3.45. The lowest BCUT2D eigenvalue weighted by Crippen LogP contribution is -2.26. The normalized spacial score (nSPS) is 27.1. The number of hydrogen-bond donors (Lipinski definition) is 1. The van der Waals surface area contributed by atoms with Gasteiger partial charge in [-0.05, 0) is 18.9 Å². The second kappa shape index (κ2) is 3.42. The Morgan fingerprint density at radius 1 is 1.80 bits per heavy atom. The van der Waals surface area contributed by atoms with E-state index >= 15 is 0 Å². The highest BCUT2D eigenvalue weighted by atomic mass is 16.5. The zero-order chi connectivity index (χ0) is 7.40. The Kier molecular flexibility index (Phi) is 2.51. The van der Waals surface area contributed by atoms with Crippen LogP contribution in [0.3, 0.4) is 0 Å². The first-order chi connectivity index (χ1) is 4.84. The maximum absolute atomic E-state index is 9.21. The van der Waals surface area contributed by atoms with Crippen LogP contribution in [0.4, 0.5) is 0 Å². The van der Waals surface area contributed by atoms with Gasteiger partial charge in [-0.3, -0.25) is 0 Å². The molecule has 2 atom stereocenters. The van der Waals surface area contributed by atoms with Crippen LogP contribution in [-0.2, 0) is 4.74 Å². The maximum Gasteiger partial charge on any atom is 0.127 e. The topological polar surface area (TPSA) is 29.5 Å². The molecular formula is C8H12O2. The zero-order valence-electron chi connectivity index (χ0n) is 5.86. The summed E-state index contributed by atoms with van der Waals surface area (Å²) in [6, 6.07) is 0. The predicted octanol–water partition coefficient (Wildman–Crippen LogP) is 1.23. The molecule has 2 heteroatoms. The molecule has 0 aromatic rings. The minimum Gasteiger partial charge on any atom is -0.495 e. The summed E-state index contributed by atoms with van der Waals surface area (Å²) < 4.78 is 5.13. The van der Waals surface area contributed by atoms with Gasteiger partial charge in [-0.15, -0.1) is 6.58 Å². The number of aliphatic hydroxyl groups excluding tert-OH is 1. The molecule has 0 aromatic carbocycles. The van der Waals surface area contributed by atoms with Crippen LogP contribution in [0.25, 0.3) is 0 Å². The third-order valence-corrected chi connectivity index (χ3v) is 1.59. The van der Waals surface area contributed by atoms with E-state index in [1.807, 2.05) is 6.08 Å². The number of aliphatic hydroxyl groups is 1. The van der Waals surface area contributed by atoms with Crippen molar-refractivity contribution in [3.63, 3.8) is 0 Å². The van der Waals surface area contributed by atoms with Crippen molar-refractivity contribution in [2.75, 3.05) is 0 Å². The van der Waals surface area contributed by atoms with Gasteiger partial charge in [0.05, 0.1) is 6.26 Å². The van der Waals surface area contributed by atoms with Gasteiger partial charge >= 0.3 is 0 Å². The van der Waals surface area contributed by atoms with Gasteiger partial charge in [0.25, 0.3) is 0 Å². The lowest BCUT2D eigenvalue weighted by Gasteiger charge is -2.21. The van der Waals surface area contributed by atoms with Crippen molar-refractivity contribution in [3.8, 4) is 0 Å². The number of allylic oxidation sites excluding steroid dienone is 1. The Morgan fingerprint density at radius 3 is 3.10 bits per heavy atom. The summed E-state index contributed by atoms with van der Waals surface area (Å²) in [7, 11) is 0. The Morgan fingerprint density at radius 2 is 2.60 bits per heavy atom. The maximum atomic E-state index is 9.21. The van der Waals surface area contributed by atoms with Crippen LogP contribution in [0.15, 0.2) is 25.0 Å². The second-order valence-corrected chi connectivity index (χ2v) is 2.35. The minimum atomic E-state index is -0.523. The van der Waals surface area contributed by atoms with Gasteiger partial charge in [-0.1, -0.05) is 6.08 Å². The molecule has 1 N–H and O–H groups in total. The van der Waals surface area contributed by atoms with Crippen LogP contribution in [0.5, 0.6) is 0 Å². The minimum absolute atomic E-state index is 0.0810. The van der Waals surface area contributed by atoms with Gasteiger partial charge in [0, 0.05) is 0 Å². The molecule has 0 spiro atoms. The van der Waals surface area contributed by atoms with Crippen molar-refractivity contribution in [3.05, 3.63) is 25.0 Å². The van der Waals surface area contributed by atoms with Crippen molar-refractivity contribution >= 4 is 0 Å². The third kappa shape index (κ3) is 1.61. The molecule has 0 amide bonds. The molecule has 56 valence electrons. The fourth-order valence-electron chi connectivity index (χ4n) is 0.956. The molecule has 0 unspecified atom stereocenters. The standard InChI is InChI=1S/C8H12O2/c1-2-7(9)8-5-3-4-6-10-8/h2,4,6-9H,1,3,5H2/t7-,8+/m1/s1. The fourth-order valence-corrected chi connectivity index (χ4v) is 0.956. The van der Waals surface area contributed by atoms with Crippen molar-refractivity contribution in [2.24, 2.45) is 0 Å². The largest absolute Gasteiger partial charge is 0.495 e. The van der Waals surface area contributed by atoms with Crippen molar-refractivity contribution in [1.82, 2.24) is 0 Å². The van der Waals surface area contributed by atoms with E-state index in [1.165, 1.54) is 6.08 Å². The van der Waals surface area contributed by atoms with E-state index in [4.69, 9.17) is 4.74 Å². The molecule has 2 nitrogen and oxygen atoms in total. The molecule has 10 heavy (non-hydrogen) atoms. The van der Waals surface area contributed by atoms with Gasteiger partial charge in [-0.25, -0.2) is 0 Å². The fraction of sp³-hybridized carbons (Fsp3) is 0.500. The first-order valence-corrected chi connectivity index (χ1v) is 3.45. The Balaban J connectivity index is 2.40. The Hall–Kier alpha value is -0.760. The van der Waals surface area contributed by atoms with Crippen LogP contribution in [0, 0.1) is 0 Å². The van der Waals surface area contributed by atoms with Crippen molar-refractivity contribution in [2.45, 2.75) is 25.0 Å². The van der Waals surface area contributed by atoms with Crippen molar-refractivity contribution < 1.29 is 9.84 Å². The average molecular weight is 140 g/mol. The molecule has 1 aliphatic rings. The van der Waals surface area contributed by atoms with Gasteiger partial charge in [0.15, 0.2) is 0 Å². The molecular weight excluding hydrogens is 128 g/mol. The Bertz CT molecular complexity index is 140. The predicted molar refractivity (Wildman–Crippen MR) is 39.5 cm³/mol. The van der Waals surface area contributed by atoms with Crippen LogP contribution in [0.1, 0.15) is 12.8 Å². The number of hydrogen-bond acceptors (Lipinski definition) is 2. The van der Waals surface area contributed by atoms with Gasteiger partial charge in [0.1, 0.15) is 12.2 Å². The van der Waals surface area contributed by atoms with E-state index in [9.17, 15) is 5.11 Å². The lowest BCUT2D eigenvalue weighted by atomic mass is 10.1.